The number of carboxylic acid groups (broad SMARTS) is 1. The number of rotatable bonds is 7. The van der Waals surface area contributed by atoms with Gasteiger partial charge < -0.3 is 15.2 Å². The van der Waals surface area contributed by atoms with Gasteiger partial charge in [0.05, 0.1) is 6.20 Å². The number of amides is 1. The van der Waals surface area contributed by atoms with E-state index >= 15 is 0 Å². The molecule has 1 unspecified atom stereocenters. The summed E-state index contributed by atoms with van der Waals surface area (Å²) >= 11 is 0.922. The lowest BCUT2D eigenvalue weighted by atomic mass is 10.1. The van der Waals surface area contributed by atoms with Gasteiger partial charge in [0.2, 0.25) is 0 Å². The summed E-state index contributed by atoms with van der Waals surface area (Å²) in [6.45, 7) is 0.460. The minimum Gasteiger partial charge on any atom is -0.480 e. The van der Waals surface area contributed by atoms with E-state index in [1.165, 1.54) is 13.3 Å². The topological polar surface area (TPSA) is 101 Å². The Hall–Kier alpha value is -1.54. The molecule has 0 aliphatic rings. The van der Waals surface area contributed by atoms with Gasteiger partial charge >= 0.3 is 5.97 Å². The first-order valence-corrected chi connectivity index (χ1v) is 5.72. The van der Waals surface area contributed by atoms with Crippen molar-refractivity contribution >= 4 is 23.4 Å². The maximum Gasteiger partial charge on any atom is 0.326 e. The normalized spacial score (nSPS) is 12.1. The van der Waals surface area contributed by atoms with Gasteiger partial charge in [0.15, 0.2) is 0 Å². The van der Waals surface area contributed by atoms with Gasteiger partial charge in [-0.25, -0.2) is 4.79 Å². The molecule has 0 saturated carbocycles. The number of methoxy groups -OCH3 is 1. The van der Waals surface area contributed by atoms with Crippen LogP contribution in [0, 0.1) is 0 Å². The molecule has 0 spiro atoms. The Bertz CT molecular complexity index is 368. The first-order chi connectivity index (χ1) is 8.15. The van der Waals surface area contributed by atoms with Crippen molar-refractivity contribution in [3.8, 4) is 0 Å². The summed E-state index contributed by atoms with van der Waals surface area (Å²) in [6, 6.07) is -0.917. The summed E-state index contributed by atoms with van der Waals surface area (Å²) in [4.78, 5) is 22.8. The smallest absolute Gasteiger partial charge is 0.326 e. The SMILES string of the molecule is COCCCC(NC(=O)c1cnns1)C(=O)O. The van der Waals surface area contributed by atoms with Crippen LogP contribution in [0.4, 0.5) is 0 Å². The Morgan fingerprint density at radius 2 is 2.41 bits per heavy atom. The zero-order valence-electron chi connectivity index (χ0n) is 9.25. The number of carbonyl (C=O) groups excluding carboxylic acids is 1. The van der Waals surface area contributed by atoms with Crippen LogP contribution < -0.4 is 5.32 Å². The summed E-state index contributed by atoms with van der Waals surface area (Å²) in [7, 11) is 1.54. The van der Waals surface area contributed by atoms with Gasteiger partial charge in [0, 0.05) is 13.7 Å². The standard InChI is InChI=1S/C9H13N3O4S/c1-16-4-2-3-6(9(14)15)11-8(13)7-5-10-12-17-7/h5-6H,2-4H2,1H3,(H,11,13)(H,14,15). The molecular weight excluding hydrogens is 246 g/mol. The number of carbonyl (C=O) groups is 2. The number of ether oxygens (including phenoxy) is 1. The summed E-state index contributed by atoms with van der Waals surface area (Å²) in [6.07, 6.45) is 2.18. The molecule has 1 heterocycles. The fourth-order valence-electron chi connectivity index (χ4n) is 1.19. The van der Waals surface area contributed by atoms with E-state index in [-0.39, 0.29) is 0 Å². The Labute approximate surface area is 102 Å². The monoisotopic (exact) mass is 259 g/mol. The predicted octanol–water partition coefficient (Wildman–Crippen LogP) is 0.148. The Morgan fingerprint density at radius 1 is 1.65 bits per heavy atom. The highest BCUT2D eigenvalue weighted by Crippen LogP contribution is 2.04. The Morgan fingerprint density at radius 3 is 2.94 bits per heavy atom. The van der Waals surface area contributed by atoms with Gasteiger partial charge in [-0.1, -0.05) is 4.49 Å². The minimum absolute atomic E-state index is 0.294. The van der Waals surface area contributed by atoms with Gasteiger partial charge in [-0.15, -0.1) is 5.10 Å². The highest BCUT2D eigenvalue weighted by atomic mass is 32.1. The molecule has 1 aromatic rings. The first kappa shape index (κ1) is 13.5. The Balaban J connectivity index is 2.49. The average molecular weight is 259 g/mol. The second-order valence-corrected chi connectivity index (χ2v) is 4.07. The second-order valence-electron chi connectivity index (χ2n) is 3.28. The molecule has 7 nitrogen and oxygen atoms in total. The van der Waals surface area contributed by atoms with E-state index in [0.29, 0.717) is 24.3 Å². The lowest BCUT2D eigenvalue weighted by Crippen LogP contribution is -2.40. The van der Waals surface area contributed by atoms with Crippen LogP contribution in [-0.2, 0) is 9.53 Å². The van der Waals surface area contributed by atoms with Crippen LogP contribution in [0.3, 0.4) is 0 Å². The number of nitrogens with one attached hydrogen (secondary N) is 1. The lowest BCUT2D eigenvalue weighted by Gasteiger charge is -2.13. The van der Waals surface area contributed by atoms with E-state index in [2.05, 4.69) is 14.9 Å². The number of aliphatic carboxylic acids is 1. The third-order valence-corrected chi connectivity index (χ3v) is 2.69. The summed E-state index contributed by atoms with van der Waals surface area (Å²) in [5.74, 6) is -1.53. The number of nitrogens with zero attached hydrogens (tertiary/aromatic N) is 2. The van der Waals surface area contributed by atoms with Crippen LogP contribution in [0.5, 0.6) is 0 Å². The van der Waals surface area contributed by atoms with Crippen LogP contribution in [0.15, 0.2) is 6.20 Å². The largest absolute Gasteiger partial charge is 0.480 e. The molecule has 8 heteroatoms. The van der Waals surface area contributed by atoms with Gasteiger partial charge in [0.1, 0.15) is 10.9 Å². The molecule has 0 aliphatic carbocycles. The van der Waals surface area contributed by atoms with Crippen LogP contribution in [0.2, 0.25) is 0 Å². The molecule has 0 aliphatic heterocycles. The lowest BCUT2D eigenvalue weighted by molar-refractivity contribution is -0.139. The van der Waals surface area contributed by atoms with Gasteiger partial charge in [-0.2, -0.15) is 0 Å². The summed E-state index contributed by atoms with van der Waals surface area (Å²) < 4.78 is 8.36. The number of hydrogen-bond acceptors (Lipinski definition) is 6. The van der Waals surface area contributed by atoms with Crippen LogP contribution in [0.25, 0.3) is 0 Å². The van der Waals surface area contributed by atoms with Crippen molar-refractivity contribution in [1.29, 1.82) is 0 Å². The zero-order valence-corrected chi connectivity index (χ0v) is 10.1. The van der Waals surface area contributed by atoms with E-state index in [1.54, 1.807) is 0 Å². The molecule has 0 saturated heterocycles. The average Bonchev–Trinajstić information content (AvgIpc) is 2.81. The number of carboxylic acids is 1. The van der Waals surface area contributed by atoms with Crippen molar-refractivity contribution in [1.82, 2.24) is 14.9 Å². The third kappa shape index (κ3) is 4.45. The molecule has 0 radical (unpaired) electrons. The van der Waals surface area contributed by atoms with Crippen molar-refractivity contribution in [2.75, 3.05) is 13.7 Å². The minimum atomic E-state index is -1.06. The van der Waals surface area contributed by atoms with E-state index < -0.39 is 17.9 Å². The number of aromatic nitrogens is 2. The molecule has 2 N–H and O–H groups in total. The third-order valence-electron chi connectivity index (χ3n) is 2.03. The summed E-state index contributed by atoms with van der Waals surface area (Å²) in [5, 5.41) is 14.9. The fourth-order valence-corrected chi connectivity index (χ4v) is 1.60. The van der Waals surface area contributed by atoms with Gasteiger partial charge in [-0.05, 0) is 24.4 Å². The van der Waals surface area contributed by atoms with E-state index in [1.807, 2.05) is 0 Å². The van der Waals surface area contributed by atoms with Crippen molar-refractivity contribution in [2.24, 2.45) is 0 Å². The molecule has 0 bridgehead atoms. The maximum atomic E-state index is 11.6. The quantitative estimate of drug-likeness (QED) is 0.676. The molecule has 1 aromatic heterocycles. The molecule has 1 atom stereocenters. The van der Waals surface area contributed by atoms with E-state index in [9.17, 15) is 9.59 Å². The molecule has 17 heavy (non-hydrogen) atoms. The van der Waals surface area contributed by atoms with Crippen molar-refractivity contribution in [3.05, 3.63) is 11.1 Å². The molecule has 94 valence electrons. The first-order valence-electron chi connectivity index (χ1n) is 4.95. The second kappa shape index (κ2) is 6.92. The number of hydrogen-bond donors (Lipinski definition) is 2. The molecule has 0 fully saturated rings. The van der Waals surface area contributed by atoms with E-state index in [4.69, 9.17) is 9.84 Å². The van der Waals surface area contributed by atoms with Crippen LogP contribution in [0.1, 0.15) is 22.5 Å². The summed E-state index contributed by atoms with van der Waals surface area (Å²) in [5.41, 5.74) is 0. The molecule has 1 amide bonds. The molecule has 0 aromatic carbocycles. The predicted molar refractivity (Wildman–Crippen MR) is 59.9 cm³/mol. The van der Waals surface area contributed by atoms with Crippen LogP contribution >= 0.6 is 11.5 Å². The maximum absolute atomic E-state index is 11.6. The highest BCUT2D eigenvalue weighted by Gasteiger charge is 2.21. The highest BCUT2D eigenvalue weighted by molar-refractivity contribution is 7.07. The zero-order chi connectivity index (χ0) is 12.7. The Kier molecular flexibility index (Phi) is 5.50. The van der Waals surface area contributed by atoms with Crippen molar-refractivity contribution in [3.63, 3.8) is 0 Å². The van der Waals surface area contributed by atoms with Gasteiger partial charge in [-0.3, -0.25) is 4.79 Å². The van der Waals surface area contributed by atoms with Crippen LogP contribution in [-0.4, -0.2) is 46.3 Å². The van der Waals surface area contributed by atoms with E-state index in [0.717, 1.165) is 11.5 Å². The molecular formula is C9H13N3O4S. The fraction of sp³-hybridized carbons (Fsp3) is 0.556. The molecule has 1 rings (SSSR count). The van der Waals surface area contributed by atoms with Gasteiger partial charge in [0.25, 0.3) is 5.91 Å². The van der Waals surface area contributed by atoms with Crippen molar-refractivity contribution in [2.45, 2.75) is 18.9 Å². The van der Waals surface area contributed by atoms with Crippen molar-refractivity contribution < 1.29 is 19.4 Å².